The number of rotatable bonds is 4. The summed E-state index contributed by atoms with van der Waals surface area (Å²) in [4.78, 5) is 20.7. The van der Waals surface area contributed by atoms with Crippen LogP contribution in [0, 0.1) is 0 Å². The van der Waals surface area contributed by atoms with Crippen molar-refractivity contribution < 1.29 is 32.3 Å². The first-order valence-corrected chi connectivity index (χ1v) is 8.53. The van der Waals surface area contributed by atoms with Crippen LogP contribution < -0.4 is 11.1 Å². The number of hydrogen-bond donors (Lipinski definition) is 4. The van der Waals surface area contributed by atoms with Gasteiger partial charge in [0.1, 0.15) is 12.4 Å². The fourth-order valence-electron chi connectivity index (χ4n) is 2.32. The Morgan fingerprint density at radius 3 is 2.64 bits per heavy atom. The summed E-state index contributed by atoms with van der Waals surface area (Å²) in [5, 5.41) is 20.4. The largest absolute Gasteiger partial charge is 0.490 e. The molecule has 0 aromatic rings. The number of amidine groups is 1. The number of carbonyl (C=O) groups is 2. The zero-order chi connectivity index (χ0) is 20.9. The molecule has 2 heterocycles. The molecule has 5 N–H and O–H groups in total. The molecule has 0 saturated heterocycles. The minimum absolute atomic E-state index is 0.0258. The lowest BCUT2D eigenvalue weighted by Gasteiger charge is -2.05. The SMILES string of the molecule is NC1=NSCc2c(CC(=O)NCCF)cc3n[nH]nc1c2-3.O=C(O)C(F)(F)F. The third-order valence-corrected chi connectivity index (χ3v) is 4.19. The lowest BCUT2D eigenvalue weighted by atomic mass is 10.1. The van der Waals surface area contributed by atoms with Crippen LogP contribution in [0.2, 0.25) is 0 Å². The van der Waals surface area contributed by atoms with Crippen molar-refractivity contribution in [1.82, 2.24) is 20.7 Å². The maximum absolute atomic E-state index is 12.1. The van der Waals surface area contributed by atoms with Crippen LogP contribution in [0.25, 0.3) is 11.3 Å². The van der Waals surface area contributed by atoms with Crippen molar-refractivity contribution in [3.63, 3.8) is 0 Å². The van der Waals surface area contributed by atoms with Gasteiger partial charge in [0.15, 0.2) is 5.84 Å². The van der Waals surface area contributed by atoms with Crippen LogP contribution >= 0.6 is 11.9 Å². The normalized spacial score (nSPS) is 13.2. The van der Waals surface area contributed by atoms with Crippen LogP contribution in [0.4, 0.5) is 17.6 Å². The summed E-state index contributed by atoms with van der Waals surface area (Å²) in [6, 6.07) is 1.83. The number of nitrogens with zero attached hydrogens (tertiary/aromatic N) is 3. The van der Waals surface area contributed by atoms with Crippen molar-refractivity contribution in [1.29, 1.82) is 0 Å². The summed E-state index contributed by atoms with van der Waals surface area (Å²) in [5.41, 5.74) is 9.75. The molecular weight excluding hydrogens is 408 g/mol. The summed E-state index contributed by atoms with van der Waals surface area (Å²) < 4.78 is 48.0. The number of carboxylic acid groups (broad SMARTS) is 1. The number of aromatic amines is 1. The van der Waals surface area contributed by atoms with E-state index in [1.807, 2.05) is 6.07 Å². The van der Waals surface area contributed by atoms with Gasteiger partial charge in [0.05, 0.1) is 12.1 Å². The van der Waals surface area contributed by atoms with Crippen molar-refractivity contribution in [3.8, 4) is 11.3 Å². The Morgan fingerprint density at radius 2 is 2.04 bits per heavy atom. The fourth-order valence-corrected chi connectivity index (χ4v) is 3.07. The number of hydrogen-bond acceptors (Lipinski definition) is 7. The molecule has 3 rings (SSSR count). The molecule has 0 aromatic heterocycles. The molecule has 1 amide bonds. The smallest absolute Gasteiger partial charge is 0.475 e. The van der Waals surface area contributed by atoms with Crippen LogP contribution in [-0.2, 0) is 21.8 Å². The summed E-state index contributed by atoms with van der Waals surface area (Å²) in [7, 11) is 0. The molecule has 3 aliphatic rings. The number of nitrogens with one attached hydrogen (secondary N) is 2. The highest BCUT2D eigenvalue weighted by Crippen LogP contribution is 2.37. The van der Waals surface area contributed by atoms with Gasteiger partial charge >= 0.3 is 12.1 Å². The Hall–Kier alpha value is -2.90. The van der Waals surface area contributed by atoms with Gasteiger partial charge in [0, 0.05) is 17.9 Å². The highest BCUT2D eigenvalue weighted by molar-refractivity contribution is 7.97. The van der Waals surface area contributed by atoms with Crippen molar-refractivity contribution in [3.05, 3.63) is 22.9 Å². The van der Waals surface area contributed by atoms with Gasteiger partial charge < -0.3 is 16.2 Å². The topological polar surface area (TPSA) is 146 Å². The number of H-pyrrole nitrogens is 1. The maximum Gasteiger partial charge on any atom is 0.490 e. The lowest BCUT2D eigenvalue weighted by molar-refractivity contribution is -0.192. The molecule has 0 aromatic carbocycles. The second-order valence-electron chi connectivity index (χ2n) is 5.35. The van der Waals surface area contributed by atoms with E-state index in [2.05, 4.69) is 25.1 Å². The molecular formula is C14H14F4N6O3S. The molecule has 0 atom stereocenters. The third-order valence-electron chi connectivity index (χ3n) is 3.45. The monoisotopic (exact) mass is 422 g/mol. The molecule has 0 radical (unpaired) electrons. The molecule has 152 valence electrons. The van der Waals surface area contributed by atoms with Crippen molar-refractivity contribution >= 4 is 29.7 Å². The summed E-state index contributed by atoms with van der Waals surface area (Å²) >= 11 is 1.31. The molecule has 2 aliphatic heterocycles. The van der Waals surface area contributed by atoms with Gasteiger partial charge in [-0.15, -0.1) is 0 Å². The number of amides is 1. The molecule has 0 fully saturated rings. The maximum atomic E-state index is 12.1. The molecule has 0 saturated carbocycles. The Kier molecular flexibility index (Phi) is 6.77. The highest BCUT2D eigenvalue weighted by atomic mass is 32.2. The van der Waals surface area contributed by atoms with Crippen molar-refractivity contribution in [2.75, 3.05) is 13.2 Å². The second-order valence-corrected chi connectivity index (χ2v) is 6.08. The first-order chi connectivity index (χ1) is 13.1. The molecule has 9 nitrogen and oxygen atoms in total. The number of aromatic nitrogens is 3. The quantitative estimate of drug-likeness (QED) is 0.425. The van der Waals surface area contributed by atoms with Gasteiger partial charge in [-0.2, -0.15) is 33.0 Å². The van der Waals surface area contributed by atoms with Crippen molar-refractivity contribution in [2.24, 2.45) is 10.1 Å². The number of carbonyl (C=O) groups excluding carboxylic acids is 1. The summed E-state index contributed by atoms with van der Waals surface area (Å²) in [6.07, 6.45) is -4.91. The Balaban J connectivity index is 0.000000345. The van der Waals surface area contributed by atoms with E-state index in [0.29, 0.717) is 23.0 Å². The van der Waals surface area contributed by atoms with E-state index in [1.165, 1.54) is 11.9 Å². The fraction of sp³-hybridized carbons (Fsp3) is 0.357. The lowest BCUT2D eigenvalue weighted by Crippen LogP contribution is -2.27. The number of halogens is 4. The zero-order valence-electron chi connectivity index (χ0n) is 14.0. The molecule has 14 heteroatoms. The predicted molar refractivity (Wildman–Crippen MR) is 91.4 cm³/mol. The minimum Gasteiger partial charge on any atom is -0.475 e. The van der Waals surface area contributed by atoms with Crippen molar-refractivity contribution in [2.45, 2.75) is 18.3 Å². The average Bonchev–Trinajstić information content (AvgIpc) is 2.86. The standard InChI is InChI=1S/C12H13FN6OS.C2HF3O2/c13-1-2-15-9(20)4-6-3-8-10-7(6)5-21-18-12(14)11(10)17-19-16-8;3-2(4,5)1(6)7/h3,19H,1-2,4-5H2,(H2,14,18)(H,15,20);(H,6,7). The Morgan fingerprint density at radius 1 is 1.36 bits per heavy atom. The van der Waals surface area contributed by atoms with E-state index < -0.39 is 18.8 Å². The van der Waals surface area contributed by atoms with Crippen LogP contribution in [0.3, 0.4) is 0 Å². The van der Waals surface area contributed by atoms with E-state index in [9.17, 15) is 22.4 Å². The molecule has 0 bridgehead atoms. The van der Waals surface area contributed by atoms with E-state index in [1.54, 1.807) is 0 Å². The first kappa shape index (κ1) is 21.4. The van der Waals surface area contributed by atoms with Gasteiger partial charge in [-0.25, -0.2) is 9.18 Å². The summed E-state index contributed by atoms with van der Waals surface area (Å²) in [6.45, 7) is -0.551. The molecule has 1 aliphatic carbocycles. The van der Waals surface area contributed by atoms with Gasteiger partial charge in [0.25, 0.3) is 0 Å². The van der Waals surface area contributed by atoms with Gasteiger partial charge in [-0.3, -0.25) is 4.79 Å². The van der Waals surface area contributed by atoms with Gasteiger partial charge in [-0.05, 0) is 29.1 Å². The Bertz CT molecular complexity index is 869. The molecule has 0 unspecified atom stereocenters. The van der Waals surface area contributed by atoms with Crippen LogP contribution in [0.1, 0.15) is 16.8 Å². The van der Waals surface area contributed by atoms with E-state index in [4.69, 9.17) is 15.6 Å². The number of aliphatic carboxylic acids is 1. The van der Waals surface area contributed by atoms with Crippen LogP contribution in [0.15, 0.2) is 10.5 Å². The van der Waals surface area contributed by atoms with Crippen LogP contribution in [0.5, 0.6) is 0 Å². The average molecular weight is 422 g/mol. The second kappa shape index (κ2) is 8.86. The first-order valence-electron chi connectivity index (χ1n) is 7.59. The zero-order valence-corrected chi connectivity index (χ0v) is 14.8. The predicted octanol–water partition coefficient (Wildman–Crippen LogP) is 1.04. The van der Waals surface area contributed by atoms with E-state index in [-0.39, 0.29) is 18.9 Å². The third kappa shape index (κ3) is 5.09. The van der Waals surface area contributed by atoms with E-state index in [0.717, 1.165) is 16.7 Å². The minimum atomic E-state index is -5.08. The highest BCUT2D eigenvalue weighted by Gasteiger charge is 2.38. The van der Waals surface area contributed by atoms with Gasteiger partial charge in [0.2, 0.25) is 5.91 Å². The summed E-state index contributed by atoms with van der Waals surface area (Å²) in [5.74, 6) is -2.05. The molecule has 28 heavy (non-hydrogen) atoms. The number of nitrogens with two attached hydrogens (primary N) is 1. The van der Waals surface area contributed by atoms with Gasteiger partial charge in [-0.1, -0.05) is 0 Å². The van der Waals surface area contributed by atoms with Crippen LogP contribution in [-0.4, -0.2) is 57.6 Å². The molecule has 0 spiro atoms. The number of carboxylic acids is 1. The number of alkyl halides is 4. The van der Waals surface area contributed by atoms with E-state index >= 15 is 0 Å². The Labute approximate surface area is 159 Å².